The quantitative estimate of drug-likeness (QED) is 0.471. The van der Waals surface area contributed by atoms with Gasteiger partial charge in [0.2, 0.25) is 10.0 Å². The Morgan fingerprint density at radius 1 is 1.08 bits per heavy atom. The molecule has 1 unspecified atom stereocenters. The Morgan fingerprint density at radius 2 is 1.84 bits per heavy atom. The van der Waals surface area contributed by atoms with Gasteiger partial charge < -0.3 is 20.1 Å². The van der Waals surface area contributed by atoms with E-state index in [2.05, 4.69) is 14.6 Å². The van der Waals surface area contributed by atoms with Crippen LogP contribution in [-0.4, -0.2) is 84.7 Å². The highest BCUT2D eigenvalue weighted by molar-refractivity contribution is 7.89. The van der Waals surface area contributed by atoms with E-state index in [1.165, 1.54) is 18.9 Å². The molecule has 2 fully saturated rings. The summed E-state index contributed by atoms with van der Waals surface area (Å²) < 4.78 is 35.4. The molecule has 2 saturated carbocycles. The van der Waals surface area contributed by atoms with Crippen molar-refractivity contribution in [2.24, 2.45) is 11.3 Å². The van der Waals surface area contributed by atoms with E-state index < -0.39 is 33.8 Å². The minimum Gasteiger partial charge on any atom is -0.492 e. The minimum atomic E-state index is -3.97. The number of benzene rings is 1. The van der Waals surface area contributed by atoms with Gasteiger partial charge >= 0.3 is 0 Å². The molecule has 1 aromatic carbocycles. The number of ether oxygens (including phenoxy) is 1. The number of fused-ring (bicyclic) bond motifs is 1. The largest absolute Gasteiger partial charge is 0.492 e. The fourth-order valence-corrected chi connectivity index (χ4v) is 7.40. The molecule has 2 aromatic rings. The molecule has 3 aliphatic rings. The molecule has 1 aliphatic heterocycles. The van der Waals surface area contributed by atoms with E-state index in [4.69, 9.17) is 4.74 Å². The van der Waals surface area contributed by atoms with E-state index in [0.717, 1.165) is 30.5 Å². The number of hydrogen-bond donors (Lipinski definition) is 4. The average molecular weight is 532 g/mol. The number of sulfonamides is 1. The van der Waals surface area contributed by atoms with Crippen LogP contribution in [0.2, 0.25) is 0 Å². The van der Waals surface area contributed by atoms with Crippen molar-refractivity contribution in [3.05, 3.63) is 42.7 Å². The average Bonchev–Trinajstić information content (AvgIpc) is 3.48. The van der Waals surface area contributed by atoms with Crippen molar-refractivity contribution in [3.8, 4) is 16.9 Å². The summed E-state index contributed by atoms with van der Waals surface area (Å²) >= 11 is 0. The van der Waals surface area contributed by atoms with Crippen molar-refractivity contribution in [2.45, 2.75) is 61.7 Å². The highest BCUT2D eigenvalue weighted by Gasteiger charge is 2.46. The lowest BCUT2D eigenvalue weighted by atomic mass is 9.85. The van der Waals surface area contributed by atoms with Gasteiger partial charge in [0.05, 0.1) is 24.9 Å². The number of β-amino-alcohol motifs (C(OH)–C–C–N with tert-alkyl or cyclic N) is 1. The molecule has 4 atom stereocenters. The third-order valence-corrected chi connectivity index (χ3v) is 9.48. The van der Waals surface area contributed by atoms with Gasteiger partial charge in [-0.15, -0.1) is 0 Å². The van der Waals surface area contributed by atoms with Crippen LogP contribution in [0.1, 0.15) is 38.5 Å². The maximum absolute atomic E-state index is 13.3. The van der Waals surface area contributed by atoms with Crippen molar-refractivity contribution >= 4 is 10.0 Å². The summed E-state index contributed by atoms with van der Waals surface area (Å²) in [5, 5.41) is 31.9. The molecular weight excluding hydrogens is 494 g/mol. The maximum Gasteiger partial charge on any atom is 0.244 e. The van der Waals surface area contributed by atoms with Gasteiger partial charge in [-0.3, -0.25) is 9.88 Å². The Hall–Kier alpha value is -2.08. The van der Waals surface area contributed by atoms with Crippen LogP contribution in [0.5, 0.6) is 5.75 Å². The van der Waals surface area contributed by atoms with Crippen LogP contribution in [-0.2, 0) is 10.0 Å². The summed E-state index contributed by atoms with van der Waals surface area (Å²) in [6, 6.07) is 8.61. The highest BCUT2D eigenvalue weighted by Crippen LogP contribution is 2.42. The van der Waals surface area contributed by atoms with E-state index in [0.29, 0.717) is 31.8 Å². The molecule has 5 rings (SSSR count). The lowest BCUT2D eigenvalue weighted by Gasteiger charge is -2.38. The summed E-state index contributed by atoms with van der Waals surface area (Å²) in [5.41, 5.74) is 0.998. The summed E-state index contributed by atoms with van der Waals surface area (Å²) in [4.78, 5) is 6.33. The Labute approximate surface area is 218 Å². The molecule has 9 nitrogen and oxygen atoms in total. The van der Waals surface area contributed by atoms with Crippen LogP contribution in [0.4, 0.5) is 0 Å². The molecule has 1 aromatic heterocycles. The monoisotopic (exact) mass is 531 g/mol. The Bertz CT molecular complexity index is 1160. The fraction of sp³-hybridized carbons (Fsp3) is 0.593. The third-order valence-electron chi connectivity index (χ3n) is 8.02. The molecular formula is C27H37N3O6S. The summed E-state index contributed by atoms with van der Waals surface area (Å²) in [5.74, 6) is 0.718. The zero-order chi connectivity index (χ0) is 26.0. The second-order valence-corrected chi connectivity index (χ2v) is 12.8. The van der Waals surface area contributed by atoms with E-state index in [1.807, 2.05) is 12.1 Å². The van der Waals surface area contributed by atoms with Crippen molar-refractivity contribution < 1.29 is 28.5 Å². The Morgan fingerprint density at radius 3 is 2.54 bits per heavy atom. The van der Waals surface area contributed by atoms with Gasteiger partial charge in [0.1, 0.15) is 10.6 Å². The van der Waals surface area contributed by atoms with Crippen LogP contribution in [0.15, 0.2) is 47.6 Å². The first-order chi connectivity index (χ1) is 17.7. The fourth-order valence-electron chi connectivity index (χ4n) is 6.20. The second kappa shape index (κ2) is 11.0. The number of aliphatic hydroxyl groups is 3. The number of nitrogens with one attached hydrogen (secondary N) is 1. The summed E-state index contributed by atoms with van der Waals surface area (Å²) in [7, 11) is -3.97. The highest BCUT2D eigenvalue weighted by atomic mass is 32.2. The first-order valence-corrected chi connectivity index (χ1v) is 14.6. The van der Waals surface area contributed by atoms with Gasteiger partial charge in [-0.2, -0.15) is 0 Å². The zero-order valence-electron chi connectivity index (χ0n) is 21.0. The first-order valence-electron chi connectivity index (χ1n) is 13.2. The number of aliphatic hydroxyl groups excluding tert-OH is 3. The Kier molecular flexibility index (Phi) is 7.86. The van der Waals surface area contributed by atoms with Crippen molar-refractivity contribution in [3.63, 3.8) is 0 Å². The van der Waals surface area contributed by atoms with Gasteiger partial charge in [-0.1, -0.05) is 25.0 Å². The smallest absolute Gasteiger partial charge is 0.244 e. The van der Waals surface area contributed by atoms with Crippen molar-refractivity contribution in [1.29, 1.82) is 0 Å². The van der Waals surface area contributed by atoms with E-state index in [9.17, 15) is 23.7 Å². The molecule has 2 aliphatic carbocycles. The Balaban J connectivity index is 1.51. The second-order valence-electron chi connectivity index (χ2n) is 11.1. The van der Waals surface area contributed by atoms with Crippen LogP contribution in [0, 0.1) is 11.3 Å². The molecule has 0 amide bonds. The van der Waals surface area contributed by atoms with Crippen molar-refractivity contribution in [1.82, 2.24) is 14.6 Å². The minimum absolute atomic E-state index is 0.00929. The summed E-state index contributed by atoms with van der Waals surface area (Å²) in [6.45, 7) is 1.65. The maximum atomic E-state index is 13.3. The number of rotatable bonds is 3. The summed E-state index contributed by atoms with van der Waals surface area (Å²) in [6.07, 6.45) is 6.08. The topological polar surface area (TPSA) is 132 Å². The molecule has 0 saturated heterocycles. The predicted molar refractivity (Wildman–Crippen MR) is 138 cm³/mol. The van der Waals surface area contributed by atoms with Gasteiger partial charge in [0.25, 0.3) is 0 Å². The number of aromatic nitrogens is 1. The van der Waals surface area contributed by atoms with Crippen LogP contribution in [0.3, 0.4) is 0 Å². The molecule has 2 heterocycles. The molecule has 0 bridgehead atoms. The van der Waals surface area contributed by atoms with Gasteiger partial charge in [-0.25, -0.2) is 13.1 Å². The predicted octanol–water partition coefficient (Wildman–Crippen LogP) is 1.77. The molecule has 1 spiro atoms. The van der Waals surface area contributed by atoms with Gasteiger partial charge in [0.15, 0.2) is 0 Å². The van der Waals surface area contributed by atoms with Crippen LogP contribution < -0.4 is 9.46 Å². The standard InChI is InChI=1S/C27H37N3O6S/c31-22-14-29-37(34,35)26-8-7-20(21-6-3-9-28-13-21)10-25(26)36-18-27(11-23(32)24(33)12-27)17-30(16-22)15-19-4-1-2-5-19/h3,6-10,13,19,22-24,29,31-33H,1-2,4-5,11-12,14-18H2/t22-,23-,24+,27?/m0/s1. The number of hydrogen-bond acceptors (Lipinski definition) is 8. The molecule has 10 heteroatoms. The molecule has 202 valence electrons. The lowest BCUT2D eigenvalue weighted by molar-refractivity contribution is 0.0394. The van der Waals surface area contributed by atoms with Crippen molar-refractivity contribution in [2.75, 3.05) is 32.8 Å². The van der Waals surface area contributed by atoms with Gasteiger partial charge in [-0.05, 0) is 55.4 Å². The lowest BCUT2D eigenvalue weighted by Crippen LogP contribution is -2.48. The number of nitrogens with zero attached hydrogens (tertiary/aromatic N) is 2. The van der Waals surface area contributed by atoms with E-state index >= 15 is 0 Å². The van der Waals surface area contributed by atoms with E-state index in [1.54, 1.807) is 24.5 Å². The zero-order valence-corrected chi connectivity index (χ0v) is 21.8. The molecule has 0 radical (unpaired) electrons. The van der Waals surface area contributed by atoms with Crippen LogP contribution in [0.25, 0.3) is 11.1 Å². The number of pyridine rings is 1. The normalized spacial score (nSPS) is 31.4. The van der Waals surface area contributed by atoms with Crippen LogP contribution >= 0.6 is 0 Å². The SMILES string of the molecule is O=S1(=O)NC[C@H](O)CN(CC2CCCC2)CC2(COc3cc(-c4cccnc4)ccc31)C[C@@H](O)[C@@H](O)C2. The molecule has 4 N–H and O–H groups in total. The third kappa shape index (κ3) is 6.16. The first kappa shape index (κ1) is 26.5. The van der Waals surface area contributed by atoms with E-state index in [-0.39, 0.29) is 23.8 Å². The molecule has 37 heavy (non-hydrogen) atoms. The van der Waals surface area contributed by atoms with Gasteiger partial charge in [0, 0.05) is 49.6 Å².